The molecule has 1 atom stereocenters. The van der Waals surface area contributed by atoms with Gasteiger partial charge in [0.1, 0.15) is 0 Å². The highest BCUT2D eigenvalue weighted by molar-refractivity contribution is 5.96. The Morgan fingerprint density at radius 2 is 1.59 bits per heavy atom. The van der Waals surface area contributed by atoms with Crippen LogP contribution in [0.5, 0.6) is 0 Å². The Morgan fingerprint density at radius 3 is 2.30 bits per heavy atom. The summed E-state index contributed by atoms with van der Waals surface area (Å²) >= 11 is 0. The monoisotopic (exact) mass is 360 g/mol. The van der Waals surface area contributed by atoms with Gasteiger partial charge in [-0.15, -0.1) is 0 Å². The van der Waals surface area contributed by atoms with Crippen LogP contribution in [0.25, 0.3) is 0 Å². The summed E-state index contributed by atoms with van der Waals surface area (Å²) in [6.07, 6.45) is 2.05. The number of nitrogens with zero attached hydrogens (tertiary/aromatic N) is 2. The van der Waals surface area contributed by atoms with Crippen LogP contribution in [0.4, 0.5) is 0 Å². The average Bonchev–Trinajstić information content (AvgIpc) is 3.21. The largest absolute Gasteiger partial charge is 0.465 e. The van der Waals surface area contributed by atoms with E-state index in [-0.39, 0.29) is 11.9 Å². The van der Waals surface area contributed by atoms with Gasteiger partial charge in [0.2, 0.25) is 0 Å². The Kier molecular flexibility index (Phi) is 4.50. The molecule has 27 heavy (non-hydrogen) atoms. The lowest BCUT2D eigenvalue weighted by atomic mass is 9.98. The van der Waals surface area contributed by atoms with E-state index in [4.69, 9.17) is 4.74 Å². The standard InChI is InChI=1S/C22H20N2O3/c1-27-22(26)18-11-9-17(10-12-18)21(25)24-15-14-23-13-5-8-19(23)20(24)16-6-3-2-4-7-16/h2-13,20H,14-15H2,1H3. The number of ether oxygens (including phenoxy) is 1. The number of fused-ring (bicyclic) bond motifs is 1. The van der Waals surface area contributed by atoms with Crippen molar-refractivity contribution in [3.05, 3.63) is 95.3 Å². The molecule has 0 bridgehead atoms. The molecule has 0 saturated heterocycles. The molecule has 1 unspecified atom stereocenters. The van der Waals surface area contributed by atoms with E-state index >= 15 is 0 Å². The average molecular weight is 360 g/mol. The Morgan fingerprint density at radius 1 is 0.889 bits per heavy atom. The van der Waals surface area contributed by atoms with Crippen LogP contribution >= 0.6 is 0 Å². The van der Waals surface area contributed by atoms with Crippen LogP contribution in [-0.2, 0) is 11.3 Å². The van der Waals surface area contributed by atoms with Crippen molar-refractivity contribution in [2.45, 2.75) is 12.6 Å². The molecule has 0 radical (unpaired) electrons. The van der Waals surface area contributed by atoms with Gasteiger partial charge in [0.15, 0.2) is 0 Å². The summed E-state index contributed by atoms with van der Waals surface area (Å²) in [7, 11) is 1.34. The number of carbonyl (C=O) groups excluding carboxylic acids is 2. The van der Waals surface area contributed by atoms with E-state index < -0.39 is 5.97 Å². The Labute approximate surface area is 157 Å². The fourth-order valence-corrected chi connectivity index (χ4v) is 3.62. The molecule has 5 heteroatoms. The van der Waals surface area contributed by atoms with Crippen LogP contribution in [0.15, 0.2) is 72.9 Å². The summed E-state index contributed by atoms with van der Waals surface area (Å²) in [5, 5.41) is 0. The van der Waals surface area contributed by atoms with Crippen molar-refractivity contribution in [3.8, 4) is 0 Å². The molecule has 0 fully saturated rings. The number of amides is 1. The van der Waals surface area contributed by atoms with Crippen molar-refractivity contribution >= 4 is 11.9 Å². The van der Waals surface area contributed by atoms with E-state index in [1.165, 1.54) is 7.11 Å². The fourth-order valence-electron chi connectivity index (χ4n) is 3.62. The van der Waals surface area contributed by atoms with Crippen LogP contribution in [0.3, 0.4) is 0 Å². The maximum absolute atomic E-state index is 13.3. The van der Waals surface area contributed by atoms with Crippen LogP contribution in [0.2, 0.25) is 0 Å². The number of methoxy groups -OCH3 is 1. The van der Waals surface area contributed by atoms with Crippen molar-refractivity contribution in [1.29, 1.82) is 0 Å². The molecule has 1 aliphatic heterocycles. The maximum Gasteiger partial charge on any atom is 0.337 e. The molecule has 2 aromatic carbocycles. The number of carbonyl (C=O) groups is 2. The molecule has 0 saturated carbocycles. The number of hydrogen-bond acceptors (Lipinski definition) is 3. The van der Waals surface area contributed by atoms with Crippen molar-refractivity contribution in [2.75, 3.05) is 13.7 Å². The van der Waals surface area contributed by atoms with Crippen molar-refractivity contribution in [1.82, 2.24) is 9.47 Å². The van der Waals surface area contributed by atoms with Gasteiger partial charge >= 0.3 is 5.97 Å². The van der Waals surface area contributed by atoms with Crippen LogP contribution in [-0.4, -0.2) is 35.0 Å². The Balaban J connectivity index is 1.69. The molecular weight excluding hydrogens is 340 g/mol. The predicted molar refractivity (Wildman–Crippen MR) is 102 cm³/mol. The first-order valence-corrected chi connectivity index (χ1v) is 8.88. The second-order valence-corrected chi connectivity index (χ2v) is 6.51. The quantitative estimate of drug-likeness (QED) is 0.672. The van der Waals surface area contributed by atoms with Gasteiger partial charge in [-0.2, -0.15) is 0 Å². The third-order valence-electron chi connectivity index (χ3n) is 4.97. The highest BCUT2D eigenvalue weighted by atomic mass is 16.5. The van der Waals surface area contributed by atoms with Crippen molar-refractivity contribution in [3.63, 3.8) is 0 Å². The molecule has 0 spiro atoms. The lowest BCUT2D eigenvalue weighted by Crippen LogP contribution is -2.42. The molecule has 2 heterocycles. The van der Waals surface area contributed by atoms with E-state index in [1.54, 1.807) is 24.3 Å². The molecule has 4 rings (SSSR count). The third kappa shape index (κ3) is 3.12. The smallest absolute Gasteiger partial charge is 0.337 e. The summed E-state index contributed by atoms with van der Waals surface area (Å²) < 4.78 is 6.92. The first-order valence-electron chi connectivity index (χ1n) is 8.88. The number of benzene rings is 2. The lowest BCUT2D eigenvalue weighted by Gasteiger charge is -2.37. The van der Waals surface area contributed by atoms with Crippen LogP contribution < -0.4 is 0 Å². The first-order chi connectivity index (χ1) is 13.2. The van der Waals surface area contributed by atoms with Gasteiger partial charge in [-0.3, -0.25) is 4.79 Å². The lowest BCUT2D eigenvalue weighted by molar-refractivity contribution is 0.0598. The van der Waals surface area contributed by atoms with Crippen molar-refractivity contribution in [2.24, 2.45) is 0 Å². The maximum atomic E-state index is 13.3. The second-order valence-electron chi connectivity index (χ2n) is 6.51. The molecule has 5 nitrogen and oxygen atoms in total. The van der Waals surface area contributed by atoms with Crippen LogP contribution in [0.1, 0.15) is 38.0 Å². The predicted octanol–water partition coefficient (Wildman–Crippen LogP) is 3.52. The Hall–Kier alpha value is -3.34. The fraction of sp³-hybridized carbons (Fsp3) is 0.182. The molecule has 0 N–H and O–H groups in total. The molecule has 0 aliphatic carbocycles. The normalized spacial score (nSPS) is 15.9. The Bertz CT molecular complexity index is 961. The molecular formula is C22H20N2O3. The van der Waals surface area contributed by atoms with Gasteiger partial charge < -0.3 is 14.2 Å². The van der Waals surface area contributed by atoms with Gasteiger partial charge in [0.05, 0.1) is 18.7 Å². The topological polar surface area (TPSA) is 51.5 Å². The number of esters is 1. The van der Waals surface area contributed by atoms with Crippen molar-refractivity contribution < 1.29 is 14.3 Å². The zero-order valence-electron chi connectivity index (χ0n) is 15.0. The molecule has 136 valence electrons. The third-order valence-corrected chi connectivity index (χ3v) is 4.97. The van der Waals surface area contributed by atoms with E-state index in [1.807, 2.05) is 41.3 Å². The first kappa shape index (κ1) is 17.1. The van der Waals surface area contributed by atoms with Gasteiger partial charge in [-0.1, -0.05) is 30.3 Å². The molecule has 3 aromatic rings. The summed E-state index contributed by atoms with van der Waals surface area (Å²) in [6.45, 7) is 1.39. The summed E-state index contributed by atoms with van der Waals surface area (Å²) in [5.74, 6) is -0.459. The van der Waals surface area contributed by atoms with E-state index in [2.05, 4.69) is 16.8 Å². The summed E-state index contributed by atoms with van der Waals surface area (Å²) in [4.78, 5) is 26.8. The van der Waals surface area contributed by atoms with Gasteiger partial charge in [0, 0.05) is 30.5 Å². The minimum absolute atomic E-state index is 0.0484. The summed E-state index contributed by atoms with van der Waals surface area (Å²) in [5.41, 5.74) is 3.17. The number of hydrogen-bond donors (Lipinski definition) is 0. The van der Waals surface area contributed by atoms with Gasteiger partial charge in [-0.05, 0) is 42.0 Å². The minimum atomic E-state index is -0.410. The van der Waals surface area contributed by atoms with E-state index in [9.17, 15) is 9.59 Å². The highest BCUT2D eigenvalue weighted by Crippen LogP contribution is 2.33. The van der Waals surface area contributed by atoms with Gasteiger partial charge in [-0.25, -0.2) is 4.79 Å². The molecule has 1 aliphatic rings. The van der Waals surface area contributed by atoms with Gasteiger partial charge in [0.25, 0.3) is 5.91 Å². The highest BCUT2D eigenvalue weighted by Gasteiger charge is 2.32. The van der Waals surface area contributed by atoms with Crippen LogP contribution in [0, 0.1) is 0 Å². The van der Waals surface area contributed by atoms with E-state index in [0.29, 0.717) is 17.7 Å². The number of rotatable bonds is 3. The zero-order chi connectivity index (χ0) is 18.8. The molecule has 1 amide bonds. The second kappa shape index (κ2) is 7.11. The summed E-state index contributed by atoms with van der Waals surface area (Å²) in [6, 6.07) is 20.6. The number of aromatic nitrogens is 1. The van der Waals surface area contributed by atoms with E-state index in [0.717, 1.165) is 17.8 Å². The minimum Gasteiger partial charge on any atom is -0.465 e. The molecule has 1 aromatic heterocycles. The SMILES string of the molecule is COC(=O)c1ccc(C(=O)N2CCn3cccc3C2c2ccccc2)cc1. The zero-order valence-corrected chi connectivity index (χ0v) is 15.0.